The largest absolute Gasteiger partial charge is 0.384 e. The molecule has 0 aromatic heterocycles. The maximum Gasteiger partial charge on any atom is 0.135 e. The van der Waals surface area contributed by atoms with Gasteiger partial charge in [-0.1, -0.05) is 114 Å². The number of nitrogens with two attached hydrogens (primary N) is 1. The van der Waals surface area contributed by atoms with Gasteiger partial charge in [-0.2, -0.15) is 0 Å². The number of rotatable bonds is 14. The quantitative estimate of drug-likeness (QED) is 0.213. The van der Waals surface area contributed by atoms with Crippen LogP contribution in [0.25, 0.3) is 0 Å². The van der Waals surface area contributed by atoms with Crippen LogP contribution in [0.1, 0.15) is 89.5 Å². The van der Waals surface area contributed by atoms with Crippen LogP contribution in [0.3, 0.4) is 0 Å². The van der Waals surface area contributed by atoms with Crippen molar-refractivity contribution in [1.29, 1.82) is 0 Å². The van der Waals surface area contributed by atoms with Crippen molar-refractivity contribution in [3.63, 3.8) is 0 Å². The average molecular weight is 366 g/mol. The summed E-state index contributed by atoms with van der Waals surface area (Å²) in [5, 5.41) is 0. The highest BCUT2D eigenvalue weighted by Gasteiger charge is 1.98. The van der Waals surface area contributed by atoms with E-state index in [9.17, 15) is 0 Å². The summed E-state index contributed by atoms with van der Waals surface area (Å²) in [6.07, 6.45) is 18.1. The monoisotopic (exact) mass is 365 g/mol. The highest BCUT2D eigenvalue weighted by molar-refractivity contribution is 8.22. The predicted octanol–water partition coefficient (Wildman–Crippen LogP) is 7.27. The molecule has 0 aliphatic rings. The molecule has 24 heavy (non-hydrogen) atoms. The Hall–Kier alpha value is -0.540. The van der Waals surface area contributed by atoms with Gasteiger partial charge in [0.1, 0.15) is 4.32 Å². The molecule has 0 bridgehead atoms. The molecule has 0 amide bonds. The maximum absolute atomic E-state index is 5.54. The molecule has 136 valence electrons. The summed E-state index contributed by atoms with van der Waals surface area (Å²) in [4.78, 5) is 1.14. The van der Waals surface area contributed by atoms with Crippen molar-refractivity contribution in [2.75, 3.05) is 0 Å². The maximum atomic E-state index is 5.54. The van der Waals surface area contributed by atoms with Crippen molar-refractivity contribution in [2.45, 2.75) is 95.3 Å². The second-order valence-electron chi connectivity index (χ2n) is 6.70. The van der Waals surface area contributed by atoms with Crippen LogP contribution < -0.4 is 5.73 Å². The summed E-state index contributed by atoms with van der Waals surface area (Å²) >= 11 is 6.37. The summed E-state index contributed by atoms with van der Waals surface area (Å²) in [5.74, 6) is 0. The molecular formula is C21H35NS2. The van der Waals surface area contributed by atoms with E-state index < -0.39 is 0 Å². The Labute approximate surface area is 159 Å². The lowest BCUT2D eigenvalue weighted by molar-refractivity contribution is 0.544. The second-order valence-corrected chi connectivity index (χ2v) is 8.52. The number of unbranched alkanes of at least 4 members (excludes halogenated alkanes) is 11. The summed E-state index contributed by atoms with van der Waals surface area (Å²) < 4.78 is 0.490. The molecule has 0 aliphatic carbocycles. The fourth-order valence-corrected chi connectivity index (χ4v) is 3.80. The van der Waals surface area contributed by atoms with Crippen molar-refractivity contribution in [2.24, 2.45) is 5.73 Å². The fraction of sp³-hybridized carbons (Fsp3) is 0.667. The molecule has 1 aromatic carbocycles. The number of hydrogen-bond acceptors (Lipinski definition) is 2. The number of aryl methyl sites for hydroxylation is 1. The molecule has 0 atom stereocenters. The van der Waals surface area contributed by atoms with Gasteiger partial charge in [0.25, 0.3) is 0 Å². The normalized spacial score (nSPS) is 10.9. The second kappa shape index (κ2) is 14.8. The lowest BCUT2D eigenvalue weighted by Gasteiger charge is -2.04. The van der Waals surface area contributed by atoms with Crippen LogP contribution in [0.15, 0.2) is 29.2 Å². The molecule has 2 N–H and O–H groups in total. The van der Waals surface area contributed by atoms with Crippen LogP contribution in [-0.2, 0) is 6.42 Å². The van der Waals surface area contributed by atoms with Gasteiger partial charge in [0.15, 0.2) is 0 Å². The summed E-state index contributed by atoms with van der Waals surface area (Å²) in [5.41, 5.74) is 6.97. The van der Waals surface area contributed by atoms with Gasteiger partial charge in [0.2, 0.25) is 0 Å². The molecule has 0 unspecified atom stereocenters. The van der Waals surface area contributed by atoms with E-state index in [1.54, 1.807) is 0 Å². The molecule has 0 saturated carbocycles. The zero-order chi connectivity index (χ0) is 17.5. The predicted molar refractivity (Wildman–Crippen MR) is 114 cm³/mol. The molecule has 1 nitrogen and oxygen atoms in total. The van der Waals surface area contributed by atoms with Gasteiger partial charge in [-0.15, -0.1) is 0 Å². The smallest absolute Gasteiger partial charge is 0.135 e. The Morgan fingerprint density at radius 3 is 1.71 bits per heavy atom. The minimum atomic E-state index is 0.490. The molecule has 1 aromatic rings. The number of benzene rings is 1. The highest BCUT2D eigenvalue weighted by Crippen LogP contribution is 2.19. The van der Waals surface area contributed by atoms with E-state index in [0.29, 0.717) is 4.32 Å². The van der Waals surface area contributed by atoms with E-state index in [4.69, 9.17) is 18.0 Å². The third-order valence-corrected chi connectivity index (χ3v) is 5.42. The Bertz CT molecular complexity index is 428. The first-order chi connectivity index (χ1) is 11.7. The molecule has 0 aliphatic heterocycles. The Morgan fingerprint density at radius 1 is 0.792 bits per heavy atom. The van der Waals surface area contributed by atoms with Gasteiger partial charge in [0.05, 0.1) is 0 Å². The van der Waals surface area contributed by atoms with Gasteiger partial charge in [-0.3, -0.25) is 0 Å². The first kappa shape index (κ1) is 21.5. The molecular weight excluding hydrogens is 330 g/mol. The van der Waals surface area contributed by atoms with Gasteiger partial charge < -0.3 is 5.73 Å². The topological polar surface area (TPSA) is 26.0 Å². The van der Waals surface area contributed by atoms with E-state index in [-0.39, 0.29) is 0 Å². The van der Waals surface area contributed by atoms with Crippen LogP contribution in [0, 0.1) is 0 Å². The third kappa shape index (κ3) is 11.9. The average Bonchev–Trinajstić information content (AvgIpc) is 2.57. The van der Waals surface area contributed by atoms with Crippen LogP contribution in [0.5, 0.6) is 0 Å². The molecule has 0 heterocycles. The van der Waals surface area contributed by atoms with E-state index in [0.717, 1.165) is 4.90 Å². The molecule has 1 rings (SSSR count). The standard InChI is InChI=1S/C21H35NS2/c1-2-3-4-5-6-7-8-9-10-11-12-13-14-19-15-17-20(18-16-19)24-21(22)23/h15-18H,2-14H2,1H3,(H2,22,23). The van der Waals surface area contributed by atoms with Crippen LogP contribution >= 0.6 is 24.0 Å². The first-order valence-electron chi connectivity index (χ1n) is 9.78. The Balaban J connectivity index is 1.92. The fourth-order valence-electron chi connectivity index (χ4n) is 3.01. The number of hydrogen-bond donors (Lipinski definition) is 1. The van der Waals surface area contributed by atoms with E-state index in [1.807, 2.05) is 0 Å². The van der Waals surface area contributed by atoms with E-state index in [1.165, 1.54) is 101 Å². The van der Waals surface area contributed by atoms with Crippen LogP contribution in [0.2, 0.25) is 0 Å². The summed E-state index contributed by atoms with van der Waals surface area (Å²) in [7, 11) is 0. The first-order valence-corrected chi connectivity index (χ1v) is 11.0. The highest BCUT2D eigenvalue weighted by atomic mass is 32.2. The lowest BCUT2D eigenvalue weighted by Crippen LogP contribution is -2.00. The van der Waals surface area contributed by atoms with Crippen molar-refractivity contribution < 1.29 is 0 Å². The minimum absolute atomic E-state index is 0.490. The van der Waals surface area contributed by atoms with Gasteiger partial charge in [-0.25, -0.2) is 0 Å². The number of thioether (sulfide) groups is 1. The van der Waals surface area contributed by atoms with Crippen LogP contribution in [-0.4, -0.2) is 4.32 Å². The molecule has 0 spiro atoms. The Kier molecular flexibility index (Phi) is 13.2. The third-order valence-electron chi connectivity index (χ3n) is 4.46. The van der Waals surface area contributed by atoms with Gasteiger partial charge in [0, 0.05) is 4.90 Å². The van der Waals surface area contributed by atoms with E-state index >= 15 is 0 Å². The Morgan fingerprint density at radius 2 is 1.25 bits per heavy atom. The summed E-state index contributed by atoms with van der Waals surface area (Å²) in [6.45, 7) is 2.28. The molecule has 0 radical (unpaired) electrons. The van der Waals surface area contributed by atoms with E-state index in [2.05, 4.69) is 31.2 Å². The zero-order valence-corrected chi connectivity index (χ0v) is 17.0. The number of thiocarbonyl (C=S) groups is 1. The van der Waals surface area contributed by atoms with Gasteiger partial charge in [-0.05, 0) is 30.5 Å². The minimum Gasteiger partial charge on any atom is -0.384 e. The van der Waals surface area contributed by atoms with Crippen LogP contribution in [0.4, 0.5) is 0 Å². The van der Waals surface area contributed by atoms with Crippen molar-refractivity contribution >= 4 is 28.3 Å². The molecule has 0 fully saturated rings. The van der Waals surface area contributed by atoms with Crippen molar-refractivity contribution in [1.82, 2.24) is 0 Å². The summed E-state index contributed by atoms with van der Waals surface area (Å²) in [6, 6.07) is 8.66. The lowest BCUT2D eigenvalue weighted by atomic mass is 10.0. The molecule has 3 heteroatoms. The molecule has 0 saturated heterocycles. The van der Waals surface area contributed by atoms with Crippen molar-refractivity contribution in [3.05, 3.63) is 29.8 Å². The van der Waals surface area contributed by atoms with Crippen molar-refractivity contribution in [3.8, 4) is 0 Å². The van der Waals surface area contributed by atoms with Gasteiger partial charge >= 0.3 is 0 Å². The SMILES string of the molecule is CCCCCCCCCCCCCCc1ccc(SC(N)=S)cc1. The zero-order valence-electron chi connectivity index (χ0n) is 15.4.